The van der Waals surface area contributed by atoms with Crippen LogP contribution in [0.1, 0.15) is 38.7 Å². The van der Waals surface area contributed by atoms with Crippen LogP contribution in [0.2, 0.25) is 0 Å². The number of aromatic nitrogens is 4. The molecule has 4 rings (SSSR count). The van der Waals surface area contributed by atoms with Crippen LogP contribution in [0, 0.1) is 27.7 Å². The Morgan fingerprint density at radius 2 is 1.57 bits per heavy atom. The van der Waals surface area contributed by atoms with Gasteiger partial charge in [0.1, 0.15) is 0 Å². The van der Waals surface area contributed by atoms with Crippen molar-refractivity contribution in [1.29, 1.82) is 0 Å². The normalized spacial score (nSPS) is 10.9. The SMILES string of the molecule is Cc1cc(C)n(Cc2ccc(C(=O)Nc3cccc(-n4nc(C)cc4C)c3)cc2)n1. The highest BCUT2D eigenvalue weighted by Crippen LogP contribution is 2.18. The van der Waals surface area contributed by atoms with Crippen molar-refractivity contribution in [3.8, 4) is 5.69 Å². The Morgan fingerprint density at radius 1 is 0.867 bits per heavy atom. The van der Waals surface area contributed by atoms with E-state index in [9.17, 15) is 4.79 Å². The first-order valence-electron chi connectivity index (χ1n) is 9.94. The molecule has 0 radical (unpaired) electrons. The zero-order valence-corrected chi connectivity index (χ0v) is 17.7. The molecule has 1 N–H and O–H groups in total. The third kappa shape index (κ3) is 4.17. The first kappa shape index (κ1) is 19.6. The topological polar surface area (TPSA) is 64.7 Å². The van der Waals surface area contributed by atoms with Gasteiger partial charge >= 0.3 is 0 Å². The zero-order chi connectivity index (χ0) is 21.3. The number of benzene rings is 2. The Kier molecular flexibility index (Phi) is 5.23. The second kappa shape index (κ2) is 7.99. The van der Waals surface area contributed by atoms with Crippen molar-refractivity contribution in [1.82, 2.24) is 19.6 Å². The fourth-order valence-electron chi connectivity index (χ4n) is 3.58. The third-order valence-electron chi connectivity index (χ3n) is 5.01. The highest BCUT2D eigenvalue weighted by molar-refractivity contribution is 6.04. The number of hydrogen-bond acceptors (Lipinski definition) is 3. The average Bonchev–Trinajstić information content (AvgIpc) is 3.22. The highest BCUT2D eigenvalue weighted by Gasteiger charge is 2.09. The maximum atomic E-state index is 12.7. The van der Waals surface area contributed by atoms with Gasteiger partial charge in [-0.2, -0.15) is 10.2 Å². The fraction of sp³-hybridized carbons (Fsp3) is 0.208. The lowest BCUT2D eigenvalue weighted by atomic mass is 10.1. The molecule has 6 nitrogen and oxygen atoms in total. The monoisotopic (exact) mass is 399 g/mol. The number of nitrogens with one attached hydrogen (secondary N) is 1. The van der Waals surface area contributed by atoms with Crippen LogP contribution < -0.4 is 5.32 Å². The molecule has 2 aromatic heterocycles. The predicted octanol–water partition coefficient (Wildman–Crippen LogP) is 4.60. The van der Waals surface area contributed by atoms with Crippen LogP contribution in [-0.2, 0) is 6.54 Å². The van der Waals surface area contributed by atoms with Crippen LogP contribution in [0.25, 0.3) is 5.69 Å². The van der Waals surface area contributed by atoms with Gasteiger partial charge in [-0.1, -0.05) is 18.2 Å². The van der Waals surface area contributed by atoms with Crippen molar-refractivity contribution in [2.75, 3.05) is 5.32 Å². The predicted molar refractivity (Wildman–Crippen MR) is 118 cm³/mol. The van der Waals surface area contributed by atoms with Crippen molar-refractivity contribution in [2.45, 2.75) is 34.2 Å². The number of aryl methyl sites for hydroxylation is 4. The van der Waals surface area contributed by atoms with Crippen LogP contribution in [0.4, 0.5) is 5.69 Å². The molecule has 0 aliphatic carbocycles. The molecule has 4 aromatic rings. The summed E-state index contributed by atoms with van der Waals surface area (Å²) in [6, 6.07) is 19.4. The largest absolute Gasteiger partial charge is 0.322 e. The van der Waals surface area contributed by atoms with E-state index in [-0.39, 0.29) is 5.91 Å². The number of carbonyl (C=O) groups excluding carboxylic acids is 1. The molecule has 0 bridgehead atoms. The number of amides is 1. The first-order chi connectivity index (χ1) is 14.4. The Balaban J connectivity index is 1.47. The quantitative estimate of drug-likeness (QED) is 0.533. The zero-order valence-electron chi connectivity index (χ0n) is 17.7. The summed E-state index contributed by atoms with van der Waals surface area (Å²) < 4.78 is 3.84. The number of nitrogens with zero attached hydrogens (tertiary/aromatic N) is 4. The maximum absolute atomic E-state index is 12.7. The number of rotatable bonds is 5. The van der Waals surface area contributed by atoms with Crippen LogP contribution >= 0.6 is 0 Å². The van der Waals surface area contributed by atoms with Crippen LogP contribution in [0.5, 0.6) is 0 Å². The molecule has 152 valence electrons. The van der Waals surface area contributed by atoms with E-state index in [1.54, 1.807) is 0 Å². The van der Waals surface area contributed by atoms with Gasteiger partial charge in [0.2, 0.25) is 0 Å². The van der Waals surface area contributed by atoms with Gasteiger partial charge in [-0.25, -0.2) is 4.68 Å². The number of anilines is 1. The third-order valence-corrected chi connectivity index (χ3v) is 5.01. The molecule has 0 aliphatic rings. The summed E-state index contributed by atoms with van der Waals surface area (Å²) in [6.07, 6.45) is 0. The van der Waals surface area contributed by atoms with Gasteiger partial charge in [-0.05, 0) is 75.7 Å². The molecule has 2 aromatic carbocycles. The Morgan fingerprint density at radius 3 is 2.20 bits per heavy atom. The Labute approximate surface area is 176 Å². The van der Waals surface area contributed by atoms with Gasteiger partial charge in [-0.15, -0.1) is 0 Å². The van der Waals surface area contributed by atoms with Crippen molar-refractivity contribution in [3.05, 3.63) is 94.6 Å². The summed E-state index contributed by atoms with van der Waals surface area (Å²) in [6.45, 7) is 8.70. The van der Waals surface area contributed by atoms with E-state index in [0.717, 1.165) is 39.7 Å². The fourth-order valence-corrected chi connectivity index (χ4v) is 3.58. The van der Waals surface area contributed by atoms with Gasteiger partial charge in [0, 0.05) is 22.6 Å². The molecule has 0 spiro atoms. The number of hydrogen-bond donors (Lipinski definition) is 1. The summed E-state index contributed by atoms with van der Waals surface area (Å²) in [5.41, 5.74) is 7.50. The lowest BCUT2D eigenvalue weighted by molar-refractivity contribution is 0.102. The smallest absolute Gasteiger partial charge is 0.255 e. The summed E-state index contributed by atoms with van der Waals surface area (Å²) in [5, 5.41) is 12.0. The van der Waals surface area contributed by atoms with Crippen molar-refractivity contribution >= 4 is 11.6 Å². The van der Waals surface area contributed by atoms with Gasteiger partial charge in [-0.3, -0.25) is 9.48 Å². The van der Waals surface area contributed by atoms with Gasteiger partial charge in [0.25, 0.3) is 5.91 Å². The molecule has 2 heterocycles. The minimum absolute atomic E-state index is 0.141. The lowest BCUT2D eigenvalue weighted by Crippen LogP contribution is -2.12. The van der Waals surface area contributed by atoms with Gasteiger partial charge < -0.3 is 5.32 Å². The van der Waals surface area contributed by atoms with Crippen LogP contribution in [-0.4, -0.2) is 25.5 Å². The molecular weight excluding hydrogens is 374 g/mol. The van der Waals surface area contributed by atoms with Gasteiger partial charge in [0.05, 0.1) is 23.6 Å². The minimum atomic E-state index is -0.141. The molecule has 1 amide bonds. The molecule has 0 aliphatic heterocycles. The standard InChI is InChI=1S/C24H25N5O/c1-16-12-18(3)28(26-16)15-20-8-10-21(11-9-20)24(30)25-22-6-5-7-23(14-22)29-19(4)13-17(2)27-29/h5-14H,15H2,1-4H3,(H,25,30). The van der Waals surface area contributed by atoms with Crippen molar-refractivity contribution < 1.29 is 4.79 Å². The molecule has 30 heavy (non-hydrogen) atoms. The second-order valence-corrected chi connectivity index (χ2v) is 7.63. The highest BCUT2D eigenvalue weighted by atomic mass is 16.1. The van der Waals surface area contributed by atoms with Crippen molar-refractivity contribution in [2.24, 2.45) is 0 Å². The van der Waals surface area contributed by atoms with Crippen LogP contribution in [0.15, 0.2) is 60.7 Å². The van der Waals surface area contributed by atoms with E-state index in [1.807, 2.05) is 91.7 Å². The molecule has 0 saturated carbocycles. The van der Waals surface area contributed by atoms with E-state index in [4.69, 9.17) is 0 Å². The van der Waals surface area contributed by atoms with E-state index >= 15 is 0 Å². The van der Waals surface area contributed by atoms with Gasteiger partial charge in [0.15, 0.2) is 0 Å². The van der Waals surface area contributed by atoms with E-state index in [0.29, 0.717) is 12.1 Å². The first-order valence-corrected chi connectivity index (χ1v) is 9.94. The molecule has 0 fully saturated rings. The molecule has 0 saturated heterocycles. The molecule has 6 heteroatoms. The van der Waals surface area contributed by atoms with E-state index < -0.39 is 0 Å². The molecule has 0 atom stereocenters. The molecule has 0 unspecified atom stereocenters. The summed E-state index contributed by atoms with van der Waals surface area (Å²) in [5.74, 6) is -0.141. The molecular formula is C24H25N5O. The lowest BCUT2D eigenvalue weighted by Gasteiger charge is -2.10. The summed E-state index contributed by atoms with van der Waals surface area (Å²) >= 11 is 0. The Hall–Kier alpha value is -3.67. The second-order valence-electron chi connectivity index (χ2n) is 7.63. The summed E-state index contributed by atoms with van der Waals surface area (Å²) in [7, 11) is 0. The van der Waals surface area contributed by atoms with Crippen molar-refractivity contribution in [3.63, 3.8) is 0 Å². The Bertz CT molecular complexity index is 1200. The van der Waals surface area contributed by atoms with E-state index in [2.05, 4.69) is 21.6 Å². The minimum Gasteiger partial charge on any atom is -0.322 e. The maximum Gasteiger partial charge on any atom is 0.255 e. The summed E-state index contributed by atoms with van der Waals surface area (Å²) in [4.78, 5) is 12.7. The van der Waals surface area contributed by atoms with E-state index in [1.165, 1.54) is 0 Å². The van der Waals surface area contributed by atoms with Crippen LogP contribution in [0.3, 0.4) is 0 Å². The average molecular weight is 399 g/mol. The number of carbonyl (C=O) groups is 1.